The van der Waals surface area contributed by atoms with E-state index in [1.165, 1.54) is 6.20 Å². The van der Waals surface area contributed by atoms with Crippen LogP contribution < -0.4 is 10.2 Å². The molecular formula is C13H21N5O2. The monoisotopic (exact) mass is 279 g/mol. The van der Waals surface area contributed by atoms with Crippen LogP contribution in [0.25, 0.3) is 0 Å². The average Bonchev–Trinajstić information content (AvgIpc) is 2.75. The molecule has 0 spiro atoms. The van der Waals surface area contributed by atoms with Crippen LogP contribution in [-0.2, 0) is 0 Å². The first-order chi connectivity index (χ1) is 9.45. The fourth-order valence-electron chi connectivity index (χ4n) is 2.52. The zero-order valence-electron chi connectivity index (χ0n) is 12.2. The average molecular weight is 279 g/mol. The third kappa shape index (κ3) is 2.81. The van der Waals surface area contributed by atoms with Crippen molar-refractivity contribution in [2.45, 2.75) is 45.6 Å². The van der Waals surface area contributed by atoms with Crippen LogP contribution in [0.3, 0.4) is 0 Å². The van der Waals surface area contributed by atoms with Crippen LogP contribution >= 0.6 is 0 Å². The molecule has 7 heteroatoms. The predicted octanol–water partition coefficient (Wildman–Crippen LogP) is 2.59. The minimum Gasteiger partial charge on any atom is -0.354 e. The van der Waals surface area contributed by atoms with E-state index < -0.39 is 4.92 Å². The number of nitrogens with zero attached hydrogens (tertiary/aromatic N) is 4. The third-order valence-electron chi connectivity index (χ3n) is 3.64. The van der Waals surface area contributed by atoms with Gasteiger partial charge in [0.05, 0.1) is 4.92 Å². The molecule has 1 aromatic heterocycles. The first-order valence-corrected chi connectivity index (χ1v) is 6.98. The Labute approximate surface area is 118 Å². The second-order valence-corrected chi connectivity index (χ2v) is 5.65. The van der Waals surface area contributed by atoms with Crippen LogP contribution in [0.1, 0.15) is 40.0 Å². The van der Waals surface area contributed by atoms with Gasteiger partial charge in [0.15, 0.2) is 0 Å². The van der Waals surface area contributed by atoms with E-state index in [0.29, 0.717) is 11.8 Å². The van der Waals surface area contributed by atoms with E-state index in [1.807, 2.05) is 11.8 Å². The van der Waals surface area contributed by atoms with Crippen molar-refractivity contribution in [2.24, 2.45) is 0 Å². The fraction of sp³-hybridized carbons (Fsp3) is 0.692. The number of nitrogens with one attached hydrogen (secondary N) is 1. The predicted molar refractivity (Wildman–Crippen MR) is 78.1 cm³/mol. The summed E-state index contributed by atoms with van der Waals surface area (Å²) >= 11 is 0. The Kier molecular flexibility index (Phi) is 4.06. The number of hydrogen-bond donors (Lipinski definition) is 1. The Bertz CT molecular complexity index is 504. The Balaban J connectivity index is 2.39. The van der Waals surface area contributed by atoms with Crippen molar-refractivity contribution in [1.82, 2.24) is 9.97 Å². The highest BCUT2D eigenvalue weighted by Gasteiger charge is 2.37. The molecule has 20 heavy (non-hydrogen) atoms. The van der Waals surface area contributed by atoms with Gasteiger partial charge in [-0.25, -0.2) is 4.98 Å². The normalized spacial score (nSPS) is 17.2. The molecule has 1 N–H and O–H groups in total. The molecule has 0 unspecified atom stereocenters. The first kappa shape index (κ1) is 14.5. The van der Waals surface area contributed by atoms with Crippen molar-refractivity contribution < 1.29 is 4.92 Å². The largest absolute Gasteiger partial charge is 0.354 e. The summed E-state index contributed by atoms with van der Waals surface area (Å²) in [5.74, 6) is 0.876. The second kappa shape index (κ2) is 5.60. The van der Waals surface area contributed by atoms with Crippen molar-refractivity contribution in [1.29, 1.82) is 0 Å². The van der Waals surface area contributed by atoms with Crippen LogP contribution in [0.4, 0.5) is 17.5 Å². The Morgan fingerprint density at radius 1 is 1.55 bits per heavy atom. The van der Waals surface area contributed by atoms with Crippen LogP contribution in [0.15, 0.2) is 6.20 Å². The summed E-state index contributed by atoms with van der Waals surface area (Å²) in [5, 5.41) is 14.3. The summed E-state index contributed by atoms with van der Waals surface area (Å²) in [6.45, 7) is 7.76. The van der Waals surface area contributed by atoms with Crippen LogP contribution in [-0.4, -0.2) is 33.5 Å². The molecule has 0 saturated carbocycles. The lowest BCUT2D eigenvalue weighted by Crippen LogP contribution is -2.39. The molecule has 1 aromatic rings. The van der Waals surface area contributed by atoms with Gasteiger partial charge in [0.25, 0.3) is 0 Å². The second-order valence-electron chi connectivity index (χ2n) is 5.65. The van der Waals surface area contributed by atoms with E-state index in [4.69, 9.17) is 0 Å². The van der Waals surface area contributed by atoms with E-state index in [2.05, 4.69) is 29.1 Å². The molecule has 0 atom stereocenters. The highest BCUT2D eigenvalue weighted by Crippen LogP contribution is 2.37. The van der Waals surface area contributed by atoms with E-state index in [-0.39, 0.29) is 11.2 Å². The van der Waals surface area contributed by atoms with E-state index >= 15 is 0 Å². The maximum Gasteiger partial charge on any atom is 0.329 e. The molecular weight excluding hydrogens is 258 g/mol. The summed E-state index contributed by atoms with van der Waals surface area (Å²) < 4.78 is 0. The minimum absolute atomic E-state index is 0.0259. The molecule has 0 aromatic carbocycles. The molecule has 1 aliphatic rings. The number of nitro groups is 1. The van der Waals surface area contributed by atoms with Gasteiger partial charge >= 0.3 is 5.69 Å². The molecule has 0 radical (unpaired) electrons. The highest BCUT2D eigenvalue weighted by atomic mass is 16.6. The zero-order chi connectivity index (χ0) is 14.8. The maximum absolute atomic E-state index is 11.2. The van der Waals surface area contributed by atoms with Gasteiger partial charge in [-0.05, 0) is 33.1 Å². The molecule has 7 nitrogen and oxygen atoms in total. The molecule has 110 valence electrons. The number of rotatable bonds is 5. The van der Waals surface area contributed by atoms with E-state index in [0.717, 1.165) is 32.4 Å². The summed E-state index contributed by atoms with van der Waals surface area (Å²) in [7, 11) is 0. The van der Waals surface area contributed by atoms with Crippen molar-refractivity contribution in [2.75, 3.05) is 23.3 Å². The molecule has 2 heterocycles. The Morgan fingerprint density at radius 3 is 2.85 bits per heavy atom. The van der Waals surface area contributed by atoms with Crippen molar-refractivity contribution in [3.8, 4) is 0 Å². The molecule has 1 aliphatic heterocycles. The lowest BCUT2D eigenvalue weighted by atomic mass is 10.0. The molecule has 0 bridgehead atoms. The zero-order valence-corrected chi connectivity index (χ0v) is 12.2. The first-order valence-electron chi connectivity index (χ1n) is 6.98. The van der Waals surface area contributed by atoms with Gasteiger partial charge in [-0.2, -0.15) is 4.98 Å². The van der Waals surface area contributed by atoms with Gasteiger partial charge in [0.1, 0.15) is 6.20 Å². The summed E-state index contributed by atoms with van der Waals surface area (Å²) in [5.41, 5.74) is -0.136. The Morgan fingerprint density at radius 2 is 2.30 bits per heavy atom. The van der Waals surface area contributed by atoms with E-state index in [1.54, 1.807) is 0 Å². The topological polar surface area (TPSA) is 84.2 Å². The maximum atomic E-state index is 11.2. The summed E-state index contributed by atoms with van der Waals surface area (Å²) in [6.07, 6.45) is 4.28. The minimum atomic E-state index is -0.409. The lowest BCUT2D eigenvalue weighted by molar-refractivity contribution is -0.384. The SMILES string of the molecule is CCCNc1ncc([N+](=O)[O-])c(N2CCCC2(C)C)n1. The highest BCUT2D eigenvalue weighted by molar-refractivity contribution is 5.61. The van der Waals surface area contributed by atoms with Crippen molar-refractivity contribution >= 4 is 17.5 Å². The standard InChI is InChI=1S/C13H21N5O2/c1-4-7-14-12-15-9-10(18(19)20)11(16-12)17-8-5-6-13(17,2)3/h9H,4-8H2,1-3H3,(H,14,15,16). The Hall–Kier alpha value is -1.92. The smallest absolute Gasteiger partial charge is 0.329 e. The number of anilines is 2. The van der Waals surface area contributed by atoms with Gasteiger partial charge in [-0.15, -0.1) is 0 Å². The molecule has 1 saturated heterocycles. The van der Waals surface area contributed by atoms with Gasteiger partial charge < -0.3 is 10.2 Å². The van der Waals surface area contributed by atoms with E-state index in [9.17, 15) is 10.1 Å². The molecule has 0 amide bonds. The van der Waals surface area contributed by atoms with Crippen LogP contribution in [0.2, 0.25) is 0 Å². The quantitative estimate of drug-likeness (QED) is 0.658. The van der Waals surface area contributed by atoms with Crippen LogP contribution in [0.5, 0.6) is 0 Å². The molecule has 2 rings (SSSR count). The summed E-state index contributed by atoms with van der Waals surface area (Å²) in [6, 6.07) is 0. The fourth-order valence-corrected chi connectivity index (χ4v) is 2.52. The number of aromatic nitrogens is 2. The van der Waals surface area contributed by atoms with Crippen molar-refractivity contribution in [3.63, 3.8) is 0 Å². The third-order valence-corrected chi connectivity index (χ3v) is 3.64. The lowest BCUT2D eigenvalue weighted by Gasteiger charge is -2.32. The van der Waals surface area contributed by atoms with Gasteiger partial charge in [-0.1, -0.05) is 6.92 Å². The summed E-state index contributed by atoms with van der Waals surface area (Å²) in [4.78, 5) is 21.2. The molecule has 0 aliphatic carbocycles. The van der Waals surface area contributed by atoms with Crippen molar-refractivity contribution in [3.05, 3.63) is 16.3 Å². The van der Waals surface area contributed by atoms with Crippen LogP contribution in [0, 0.1) is 10.1 Å². The van der Waals surface area contributed by atoms with Gasteiger partial charge in [0.2, 0.25) is 11.8 Å². The molecule has 1 fully saturated rings. The van der Waals surface area contributed by atoms with Gasteiger partial charge in [0, 0.05) is 18.6 Å². The van der Waals surface area contributed by atoms with Gasteiger partial charge in [-0.3, -0.25) is 10.1 Å². The number of hydrogen-bond acceptors (Lipinski definition) is 6.